The van der Waals surface area contributed by atoms with Gasteiger partial charge in [-0.1, -0.05) is 12.1 Å². The van der Waals surface area contributed by atoms with Crippen molar-refractivity contribution >= 4 is 0 Å². The average Bonchev–Trinajstić information content (AvgIpc) is 2.77. The molecule has 0 radical (unpaired) electrons. The van der Waals surface area contributed by atoms with Crippen molar-refractivity contribution in [1.82, 2.24) is 20.3 Å². The van der Waals surface area contributed by atoms with E-state index in [4.69, 9.17) is 4.74 Å². The molecule has 0 spiro atoms. The van der Waals surface area contributed by atoms with Crippen LogP contribution < -0.4 is 5.32 Å². The number of aromatic nitrogens is 3. The zero-order valence-corrected chi connectivity index (χ0v) is 12.2. The van der Waals surface area contributed by atoms with Gasteiger partial charge in [0.1, 0.15) is 0 Å². The first-order valence-corrected chi connectivity index (χ1v) is 6.82. The molecule has 18 heavy (non-hydrogen) atoms. The Morgan fingerprint density at radius 3 is 2.67 bits per heavy atom. The van der Waals surface area contributed by atoms with Crippen molar-refractivity contribution in [1.29, 1.82) is 0 Å². The largest absolute Gasteiger partial charge is 0.374 e. The Morgan fingerprint density at radius 2 is 2.11 bits per heavy atom. The van der Waals surface area contributed by atoms with Crippen molar-refractivity contribution in [2.24, 2.45) is 0 Å². The van der Waals surface area contributed by atoms with E-state index in [9.17, 15) is 0 Å². The molecule has 1 atom stereocenters. The summed E-state index contributed by atoms with van der Waals surface area (Å²) in [6.07, 6.45) is 2.92. The van der Waals surface area contributed by atoms with Crippen molar-refractivity contribution in [2.75, 3.05) is 13.2 Å². The van der Waals surface area contributed by atoms with Crippen LogP contribution in [-0.4, -0.2) is 33.7 Å². The predicted molar refractivity (Wildman–Crippen MR) is 72.4 cm³/mol. The normalized spacial score (nSPS) is 13.8. The van der Waals surface area contributed by atoms with Crippen LogP contribution >= 0.6 is 0 Å². The highest BCUT2D eigenvalue weighted by Gasteiger charge is 2.33. The van der Waals surface area contributed by atoms with Crippen LogP contribution in [0.3, 0.4) is 0 Å². The number of hydrogen-bond donors (Lipinski definition) is 1. The first kappa shape index (κ1) is 15.1. The van der Waals surface area contributed by atoms with Gasteiger partial charge in [-0.3, -0.25) is 0 Å². The molecule has 1 rings (SSSR count). The van der Waals surface area contributed by atoms with Gasteiger partial charge < -0.3 is 10.1 Å². The van der Waals surface area contributed by atoms with Crippen LogP contribution in [0.4, 0.5) is 0 Å². The molecule has 0 aliphatic carbocycles. The Labute approximate surface area is 110 Å². The summed E-state index contributed by atoms with van der Waals surface area (Å²) < 4.78 is 7.81. The second-order valence-corrected chi connectivity index (χ2v) is 4.90. The number of ether oxygens (including phenoxy) is 1. The van der Waals surface area contributed by atoms with Gasteiger partial charge in [-0.05, 0) is 40.7 Å². The van der Waals surface area contributed by atoms with E-state index in [1.165, 1.54) is 0 Å². The summed E-state index contributed by atoms with van der Waals surface area (Å²) in [5.74, 6) is 0. The molecule has 1 N–H and O–H groups in total. The smallest absolute Gasteiger partial charge is 0.0836 e. The zero-order valence-electron chi connectivity index (χ0n) is 12.2. The van der Waals surface area contributed by atoms with Crippen LogP contribution in [0.1, 0.15) is 52.8 Å². The SMILES string of the molecule is CCCNC(c1cnnn1CC)C(C)(C)OCC. The molecule has 0 aliphatic rings. The Balaban J connectivity index is 2.97. The summed E-state index contributed by atoms with van der Waals surface area (Å²) in [4.78, 5) is 0. The molecular weight excluding hydrogens is 228 g/mol. The molecule has 5 heteroatoms. The van der Waals surface area contributed by atoms with Gasteiger partial charge in [0.15, 0.2) is 0 Å². The molecule has 1 aromatic rings. The highest BCUT2D eigenvalue weighted by molar-refractivity contribution is 5.08. The van der Waals surface area contributed by atoms with Gasteiger partial charge in [-0.2, -0.15) is 0 Å². The Morgan fingerprint density at radius 1 is 1.39 bits per heavy atom. The van der Waals surface area contributed by atoms with Gasteiger partial charge in [0.25, 0.3) is 0 Å². The standard InChI is InChI=1S/C13H26N4O/c1-6-9-14-12(13(4,5)18-8-3)11-10-15-16-17(11)7-2/h10,12,14H,6-9H2,1-5H3. The quantitative estimate of drug-likeness (QED) is 0.772. The fraction of sp³-hybridized carbons (Fsp3) is 0.846. The summed E-state index contributed by atoms with van der Waals surface area (Å²) >= 11 is 0. The number of rotatable bonds is 8. The van der Waals surface area contributed by atoms with Gasteiger partial charge in [0.2, 0.25) is 0 Å². The Kier molecular flexibility index (Phi) is 5.75. The van der Waals surface area contributed by atoms with E-state index in [2.05, 4.69) is 43.3 Å². The number of hydrogen-bond acceptors (Lipinski definition) is 4. The molecule has 1 unspecified atom stereocenters. The van der Waals surface area contributed by atoms with E-state index in [0.717, 1.165) is 25.2 Å². The molecule has 0 amide bonds. The summed E-state index contributed by atoms with van der Waals surface area (Å²) in [6, 6.07) is 0.104. The molecule has 1 aromatic heterocycles. The minimum atomic E-state index is -0.279. The highest BCUT2D eigenvalue weighted by Crippen LogP contribution is 2.28. The van der Waals surface area contributed by atoms with Gasteiger partial charge in [0.05, 0.1) is 23.5 Å². The minimum Gasteiger partial charge on any atom is -0.374 e. The molecule has 0 aliphatic heterocycles. The van der Waals surface area contributed by atoms with Gasteiger partial charge in [-0.15, -0.1) is 5.10 Å². The molecule has 5 nitrogen and oxygen atoms in total. The Bertz CT molecular complexity index is 349. The minimum absolute atomic E-state index is 0.104. The molecule has 0 saturated heterocycles. The van der Waals surface area contributed by atoms with Crippen molar-refractivity contribution in [3.05, 3.63) is 11.9 Å². The second kappa shape index (κ2) is 6.85. The van der Waals surface area contributed by atoms with Crippen LogP contribution in [-0.2, 0) is 11.3 Å². The van der Waals surface area contributed by atoms with E-state index >= 15 is 0 Å². The lowest BCUT2D eigenvalue weighted by atomic mass is 9.95. The number of nitrogens with one attached hydrogen (secondary N) is 1. The lowest BCUT2D eigenvalue weighted by Gasteiger charge is -2.34. The van der Waals surface area contributed by atoms with E-state index in [1.54, 1.807) is 0 Å². The summed E-state index contributed by atoms with van der Waals surface area (Å²) in [5.41, 5.74) is 0.808. The third kappa shape index (κ3) is 3.53. The summed E-state index contributed by atoms with van der Waals surface area (Å²) in [7, 11) is 0. The van der Waals surface area contributed by atoms with Gasteiger partial charge in [-0.25, -0.2) is 4.68 Å². The molecule has 0 aromatic carbocycles. The molecule has 1 heterocycles. The molecule has 0 fully saturated rings. The maximum atomic E-state index is 5.88. The lowest BCUT2D eigenvalue weighted by Crippen LogP contribution is -2.43. The van der Waals surface area contributed by atoms with Crippen LogP contribution in [0.25, 0.3) is 0 Å². The summed E-state index contributed by atoms with van der Waals surface area (Å²) in [5, 5.41) is 11.7. The van der Waals surface area contributed by atoms with Gasteiger partial charge >= 0.3 is 0 Å². The topological polar surface area (TPSA) is 52.0 Å². The molecule has 104 valence electrons. The van der Waals surface area contributed by atoms with Crippen LogP contribution in [0.2, 0.25) is 0 Å². The fourth-order valence-electron chi connectivity index (χ4n) is 2.19. The van der Waals surface area contributed by atoms with E-state index in [1.807, 2.05) is 17.8 Å². The third-order valence-corrected chi connectivity index (χ3v) is 3.05. The Hall–Kier alpha value is -0.940. The molecule has 0 saturated carbocycles. The predicted octanol–water partition coefficient (Wildman–Crippen LogP) is 2.15. The van der Waals surface area contributed by atoms with Crippen LogP contribution in [0.5, 0.6) is 0 Å². The van der Waals surface area contributed by atoms with Crippen LogP contribution in [0.15, 0.2) is 6.20 Å². The second-order valence-electron chi connectivity index (χ2n) is 4.90. The van der Waals surface area contributed by atoms with Crippen molar-refractivity contribution in [3.8, 4) is 0 Å². The van der Waals surface area contributed by atoms with E-state index in [-0.39, 0.29) is 11.6 Å². The maximum absolute atomic E-state index is 5.88. The van der Waals surface area contributed by atoms with Crippen molar-refractivity contribution in [2.45, 2.75) is 59.2 Å². The zero-order chi connectivity index (χ0) is 13.6. The molecule has 0 bridgehead atoms. The third-order valence-electron chi connectivity index (χ3n) is 3.05. The van der Waals surface area contributed by atoms with Crippen LogP contribution in [0, 0.1) is 0 Å². The fourth-order valence-corrected chi connectivity index (χ4v) is 2.19. The summed E-state index contributed by atoms with van der Waals surface area (Å²) in [6.45, 7) is 12.9. The number of nitrogens with zero attached hydrogens (tertiary/aromatic N) is 3. The van der Waals surface area contributed by atoms with E-state index < -0.39 is 0 Å². The highest BCUT2D eigenvalue weighted by atomic mass is 16.5. The first-order valence-electron chi connectivity index (χ1n) is 6.82. The maximum Gasteiger partial charge on any atom is 0.0836 e. The molecular formula is C13H26N4O. The number of aryl methyl sites for hydroxylation is 1. The average molecular weight is 254 g/mol. The van der Waals surface area contributed by atoms with Crippen molar-refractivity contribution in [3.63, 3.8) is 0 Å². The van der Waals surface area contributed by atoms with E-state index in [0.29, 0.717) is 6.61 Å². The van der Waals surface area contributed by atoms with Gasteiger partial charge in [0, 0.05) is 13.2 Å². The first-order chi connectivity index (χ1) is 8.56. The lowest BCUT2D eigenvalue weighted by molar-refractivity contribution is -0.0411. The van der Waals surface area contributed by atoms with Crippen molar-refractivity contribution < 1.29 is 4.74 Å². The monoisotopic (exact) mass is 254 g/mol.